The topological polar surface area (TPSA) is 57.6 Å². The van der Waals surface area contributed by atoms with Crippen LogP contribution in [0.25, 0.3) is 0 Å². The molecule has 0 bridgehead atoms. The zero-order valence-corrected chi connectivity index (χ0v) is 11.1. The molecule has 0 radical (unpaired) electrons. The van der Waals surface area contributed by atoms with Crippen molar-refractivity contribution in [2.45, 2.75) is 19.8 Å². The Morgan fingerprint density at radius 3 is 2.47 bits per heavy atom. The van der Waals surface area contributed by atoms with E-state index in [2.05, 4.69) is 0 Å². The van der Waals surface area contributed by atoms with Crippen molar-refractivity contribution >= 4 is 11.9 Å². The second kappa shape index (κ2) is 5.87. The Labute approximate surface area is 113 Å². The van der Waals surface area contributed by atoms with E-state index in [0.717, 1.165) is 12.0 Å². The second-order valence-electron chi connectivity index (χ2n) is 5.21. The molecule has 1 saturated carbocycles. The summed E-state index contributed by atoms with van der Waals surface area (Å²) in [4.78, 5) is 24.5. The fraction of sp³-hybridized carbons (Fsp3) is 0.467. The van der Waals surface area contributed by atoms with Gasteiger partial charge in [0.25, 0.3) is 0 Å². The highest BCUT2D eigenvalue weighted by molar-refractivity contribution is 5.85. The number of carbonyl (C=O) groups is 2. The van der Waals surface area contributed by atoms with E-state index in [1.165, 1.54) is 4.90 Å². The third kappa shape index (κ3) is 3.81. The summed E-state index contributed by atoms with van der Waals surface area (Å²) in [6.45, 7) is 2.30. The van der Waals surface area contributed by atoms with Crippen molar-refractivity contribution in [1.82, 2.24) is 4.90 Å². The summed E-state index contributed by atoms with van der Waals surface area (Å²) in [7, 11) is 0. The minimum Gasteiger partial charge on any atom is -0.480 e. The predicted molar refractivity (Wildman–Crippen MR) is 71.6 cm³/mol. The Kier molecular flexibility index (Phi) is 4.20. The monoisotopic (exact) mass is 261 g/mol. The zero-order valence-electron chi connectivity index (χ0n) is 11.1. The van der Waals surface area contributed by atoms with Gasteiger partial charge in [0.2, 0.25) is 5.91 Å². The van der Waals surface area contributed by atoms with Crippen LogP contribution >= 0.6 is 0 Å². The fourth-order valence-corrected chi connectivity index (χ4v) is 2.24. The van der Waals surface area contributed by atoms with E-state index < -0.39 is 5.97 Å². The molecule has 1 aliphatic carbocycles. The average molecular weight is 261 g/mol. The molecular formula is C15H19NO3. The van der Waals surface area contributed by atoms with E-state index in [0.29, 0.717) is 18.9 Å². The van der Waals surface area contributed by atoms with Crippen LogP contribution < -0.4 is 0 Å². The van der Waals surface area contributed by atoms with Gasteiger partial charge in [0.15, 0.2) is 0 Å². The van der Waals surface area contributed by atoms with Crippen molar-refractivity contribution in [2.75, 3.05) is 13.1 Å². The maximum atomic E-state index is 12.1. The van der Waals surface area contributed by atoms with E-state index >= 15 is 0 Å². The smallest absolute Gasteiger partial charge is 0.323 e. The largest absolute Gasteiger partial charge is 0.480 e. The van der Waals surface area contributed by atoms with E-state index in [9.17, 15) is 9.59 Å². The number of carboxylic acids is 1. The van der Waals surface area contributed by atoms with Crippen LogP contribution in [0.4, 0.5) is 0 Å². The van der Waals surface area contributed by atoms with Crippen LogP contribution in [0.5, 0.6) is 0 Å². The van der Waals surface area contributed by atoms with Crippen LogP contribution in [0, 0.1) is 11.8 Å². The molecule has 0 aromatic heterocycles. The van der Waals surface area contributed by atoms with Gasteiger partial charge in [-0.25, -0.2) is 0 Å². The number of hydrogen-bond acceptors (Lipinski definition) is 2. The summed E-state index contributed by atoms with van der Waals surface area (Å²) < 4.78 is 0. The van der Waals surface area contributed by atoms with E-state index in [1.807, 2.05) is 37.3 Å². The maximum absolute atomic E-state index is 12.1. The van der Waals surface area contributed by atoms with Gasteiger partial charge in [-0.2, -0.15) is 0 Å². The van der Waals surface area contributed by atoms with E-state index in [4.69, 9.17) is 5.11 Å². The summed E-state index contributed by atoms with van der Waals surface area (Å²) in [5.74, 6) is -0.517. The molecule has 19 heavy (non-hydrogen) atoms. The molecule has 1 aromatic carbocycles. The molecule has 0 spiro atoms. The van der Waals surface area contributed by atoms with Crippen molar-refractivity contribution in [3.05, 3.63) is 35.9 Å². The third-order valence-electron chi connectivity index (χ3n) is 3.58. The molecule has 2 atom stereocenters. The molecule has 4 nitrogen and oxygen atoms in total. The number of amides is 1. The van der Waals surface area contributed by atoms with Gasteiger partial charge in [-0.15, -0.1) is 0 Å². The summed E-state index contributed by atoms with van der Waals surface area (Å²) in [5, 5.41) is 8.90. The van der Waals surface area contributed by atoms with Gasteiger partial charge >= 0.3 is 5.97 Å². The van der Waals surface area contributed by atoms with Crippen molar-refractivity contribution in [2.24, 2.45) is 11.8 Å². The first kappa shape index (κ1) is 13.6. The lowest BCUT2D eigenvalue weighted by molar-refractivity contribution is -0.145. The summed E-state index contributed by atoms with van der Waals surface area (Å²) in [6.07, 6.45) is 1.58. The van der Waals surface area contributed by atoms with Gasteiger partial charge in [-0.1, -0.05) is 37.3 Å². The zero-order chi connectivity index (χ0) is 13.8. The number of benzene rings is 1. The van der Waals surface area contributed by atoms with Gasteiger partial charge < -0.3 is 10.0 Å². The van der Waals surface area contributed by atoms with Crippen molar-refractivity contribution in [1.29, 1.82) is 0 Å². The third-order valence-corrected chi connectivity index (χ3v) is 3.58. The first-order valence-electron chi connectivity index (χ1n) is 6.62. The SMILES string of the molecule is C[C@@H]1C[C@H]1C(=O)N(CCc1ccccc1)CC(=O)O. The maximum Gasteiger partial charge on any atom is 0.323 e. The molecule has 0 unspecified atom stereocenters. The molecule has 0 aliphatic heterocycles. The van der Waals surface area contributed by atoms with Gasteiger partial charge in [0, 0.05) is 12.5 Å². The number of carboxylic acid groups (broad SMARTS) is 1. The Hall–Kier alpha value is -1.84. The highest BCUT2D eigenvalue weighted by Gasteiger charge is 2.41. The van der Waals surface area contributed by atoms with Crippen molar-refractivity contribution in [3.63, 3.8) is 0 Å². The Morgan fingerprint density at radius 1 is 1.32 bits per heavy atom. The molecule has 102 valence electrons. The number of carbonyl (C=O) groups excluding carboxylic acids is 1. The molecule has 1 aromatic rings. The predicted octanol–water partition coefficient (Wildman–Crippen LogP) is 1.80. The molecule has 1 aliphatic rings. The Bertz CT molecular complexity index is 458. The van der Waals surface area contributed by atoms with Crippen LogP contribution in [0.15, 0.2) is 30.3 Å². The number of aliphatic carboxylic acids is 1. The lowest BCUT2D eigenvalue weighted by Crippen LogP contribution is -2.38. The molecule has 4 heteroatoms. The summed E-state index contributed by atoms with van der Waals surface area (Å²) >= 11 is 0. The lowest BCUT2D eigenvalue weighted by Gasteiger charge is -2.20. The minimum absolute atomic E-state index is 0.00849. The number of nitrogens with zero attached hydrogens (tertiary/aromatic N) is 1. The lowest BCUT2D eigenvalue weighted by atomic mass is 10.1. The number of hydrogen-bond donors (Lipinski definition) is 1. The van der Waals surface area contributed by atoms with Gasteiger partial charge in [-0.05, 0) is 24.3 Å². The minimum atomic E-state index is -0.949. The van der Waals surface area contributed by atoms with Crippen molar-refractivity contribution in [3.8, 4) is 0 Å². The van der Waals surface area contributed by atoms with Crippen LogP contribution in [-0.4, -0.2) is 35.0 Å². The Balaban J connectivity index is 1.94. The molecule has 2 rings (SSSR count). The molecular weight excluding hydrogens is 242 g/mol. The fourth-order valence-electron chi connectivity index (χ4n) is 2.24. The molecule has 1 fully saturated rings. The van der Waals surface area contributed by atoms with Gasteiger partial charge in [0.05, 0.1) is 0 Å². The quantitative estimate of drug-likeness (QED) is 0.849. The van der Waals surface area contributed by atoms with E-state index in [-0.39, 0.29) is 18.4 Å². The first-order valence-corrected chi connectivity index (χ1v) is 6.62. The molecule has 1 amide bonds. The summed E-state index contributed by atoms with van der Waals surface area (Å²) in [6, 6.07) is 9.81. The van der Waals surface area contributed by atoms with Crippen molar-refractivity contribution < 1.29 is 14.7 Å². The highest BCUT2D eigenvalue weighted by Crippen LogP contribution is 2.39. The van der Waals surface area contributed by atoms with Gasteiger partial charge in [-0.3, -0.25) is 9.59 Å². The highest BCUT2D eigenvalue weighted by atomic mass is 16.4. The Morgan fingerprint density at radius 2 is 1.95 bits per heavy atom. The van der Waals surface area contributed by atoms with Crippen LogP contribution in [0.2, 0.25) is 0 Å². The second-order valence-corrected chi connectivity index (χ2v) is 5.21. The first-order chi connectivity index (χ1) is 9.08. The summed E-state index contributed by atoms with van der Waals surface area (Å²) in [5.41, 5.74) is 1.12. The van der Waals surface area contributed by atoms with E-state index in [1.54, 1.807) is 0 Å². The molecule has 0 heterocycles. The van der Waals surface area contributed by atoms with Crippen LogP contribution in [0.3, 0.4) is 0 Å². The molecule has 0 saturated heterocycles. The normalized spacial score (nSPS) is 20.9. The number of rotatable bonds is 6. The van der Waals surface area contributed by atoms with Crippen LogP contribution in [-0.2, 0) is 16.0 Å². The standard InChI is InChI=1S/C15H19NO3/c1-11-9-13(11)15(19)16(10-14(17)18)8-7-12-5-3-2-4-6-12/h2-6,11,13H,7-10H2,1H3,(H,17,18)/t11-,13-/m1/s1. The molecule has 1 N–H and O–H groups in total. The van der Waals surface area contributed by atoms with Crippen LogP contribution in [0.1, 0.15) is 18.9 Å². The average Bonchev–Trinajstić information content (AvgIpc) is 3.11. The van der Waals surface area contributed by atoms with Gasteiger partial charge in [0.1, 0.15) is 6.54 Å².